The van der Waals surface area contributed by atoms with Crippen LogP contribution in [-0.4, -0.2) is 35.7 Å². The maximum absolute atomic E-state index is 13.0. The Morgan fingerprint density at radius 1 is 1.03 bits per heavy atom. The van der Waals surface area contributed by atoms with Gasteiger partial charge in [-0.1, -0.05) is 30.3 Å². The zero-order valence-corrected chi connectivity index (χ0v) is 21.1. The van der Waals surface area contributed by atoms with Crippen molar-refractivity contribution in [1.29, 1.82) is 0 Å². The standard InChI is InChI=1S/C28H26N2O5S/c1-4-35-23-13-10-20(15-24(23)34-3)16-25-27(32)30(28(33)36-25)17-19-8-11-21(12-9-19)26(31)29-22-7-5-6-18(2)14-22/h5-16H,4,17H2,1-3H3,(H,29,31)/b25-16-. The minimum Gasteiger partial charge on any atom is -0.493 e. The first-order chi connectivity index (χ1) is 17.4. The molecule has 1 aliphatic rings. The van der Waals surface area contributed by atoms with Gasteiger partial charge in [0.1, 0.15) is 0 Å². The molecule has 4 rings (SSSR count). The summed E-state index contributed by atoms with van der Waals surface area (Å²) in [5.74, 6) is 0.573. The SMILES string of the molecule is CCOc1ccc(/C=C2\SC(=O)N(Cc3ccc(C(=O)Nc4cccc(C)c4)cc3)C2=O)cc1OC. The molecule has 184 valence electrons. The van der Waals surface area contributed by atoms with Gasteiger partial charge in [-0.25, -0.2) is 0 Å². The van der Waals surface area contributed by atoms with Gasteiger partial charge in [0.25, 0.3) is 17.1 Å². The Bertz CT molecular complexity index is 1330. The van der Waals surface area contributed by atoms with Gasteiger partial charge in [0, 0.05) is 11.3 Å². The number of ether oxygens (including phenoxy) is 2. The fourth-order valence-electron chi connectivity index (χ4n) is 3.71. The normalized spacial score (nSPS) is 14.3. The molecule has 3 aromatic rings. The zero-order chi connectivity index (χ0) is 25.7. The van der Waals surface area contributed by atoms with Gasteiger partial charge in [-0.15, -0.1) is 0 Å². The zero-order valence-electron chi connectivity index (χ0n) is 20.2. The number of nitrogens with zero attached hydrogens (tertiary/aromatic N) is 1. The number of hydrogen-bond acceptors (Lipinski definition) is 6. The Morgan fingerprint density at radius 2 is 1.81 bits per heavy atom. The molecule has 1 saturated heterocycles. The van der Waals surface area contributed by atoms with E-state index >= 15 is 0 Å². The van der Waals surface area contributed by atoms with Crippen LogP contribution in [0.1, 0.15) is 34.0 Å². The molecule has 8 heteroatoms. The van der Waals surface area contributed by atoms with Crippen LogP contribution in [0.15, 0.2) is 71.6 Å². The molecule has 36 heavy (non-hydrogen) atoms. The second-order valence-corrected chi connectivity index (χ2v) is 9.12. The van der Waals surface area contributed by atoms with Gasteiger partial charge in [-0.2, -0.15) is 0 Å². The fraction of sp³-hybridized carbons (Fsp3) is 0.179. The van der Waals surface area contributed by atoms with Gasteiger partial charge >= 0.3 is 0 Å². The van der Waals surface area contributed by atoms with E-state index in [4.69, 9.17) is 9.47 Å². The Kier molecular flexibility index (Phi) is 7.75. The number of hydrogen-bond donors (Lipinski definition) is 1. The lowest BCUT2D eigenvalue weighted by atomic mass is 10.1. The van der Waals surface area contributed by atoms with Crippen LogP contribution in [0.5, 0.6) is 11.5 Å². The molecule has 0 radical (unpaired) electrons. The third-order valence-electron chi connectivity index (χ3n) is 5.49. The number of carbonyl (C=O) groups is 3. The van der Waals surface area contributed by atoms with E-state index in [2.05, 4.69) is 5.32 Å². The van der Waals surface area contributed by atoms with Crippen molar-refractivity contribution in [1.82, 2.24) is 4.90 Å². The van der Waals surface area contributed by atoms with Crippen molar-refractivity contribution in [2.75, 3.05) is 19.0 Å². The number of imide groups is 1. The Labute approximate surface area is 214 Å². The number of benzene rings is 3. The van der Waals surface area contributed by atoms with E-state index < -0.39 is 0 Å². The van der Waals surface area contributed by atoms with E-state index in [0.29, 0.717) is 28.6 Å². The summed E-state index contributed by atoms with van der Waals surface area (Å²) < 4.78 is 10.9. The molecule has 0 atom stereocenters. The molecule has 0 unspecified atom stereocenters. The second-order valence-electron chi connectivity index (χ2n) is 8.13. The number of methoxy groups -OCH3 is 1. The van der Waals surface area contributed by atoms with Gasteiger partial charge in [0.15, 0.2) is 11.5 Å². The smallest absolute Gasteiger partial charge is 0.293 e. The number of rotatable bonds is 8. The average Bonchev–Trinajstić information content (AvgIpc) is 3.12. The lowest BCUT2D eigenvalue weighted by molar-refractivity contribution is -0.123. The lowest BCUT2D eigenvalue weighted by Gasteiger charge is -2.13. The fourth-order valence-corrected chi connectivity index (χ4v) is 4.54. The minimum absolute atomic E-state index is 0.119. The predicted molar refractivity (Wildman–Crippen MR) is 141 cm³/mol. The first-order valence-corrected chi connectivity index (χ1v) is 12.2. The number of anilines is 1. The molecule has 0 saturated carbocycles. The minimum atomic E-state index is -0.362. The third-order valence-corrected chi connectivity index (χ3v) is 6.40. The highest BCUT2D eigenvalue weighted by Crippen LogP contribution is 2.35. The second kappa shape index (κ2) is 11.1. The molecule has 0 spiro atoms. The van der Waals surface area contributed by atoms with Crippen molar-refractivity contribution in [2.45, 2.75) is 20.4 Å². The van der Waals surface area contributed by atoms with E-state index in [0.717, 1.165) is 34.1 Å². The van der Waals surface area contributed by atoms with Gasteiger partial charge < -0.3 is 14.8 Å². The van der Waals surface area contributed by atoms with E-state index in [9.17, 15) is 14.4 Å². The summed E-state index contributed by atoms with van der Waals surface area (Å²) >= 11 is 0.897. The summed E-state index contributed by atoms with van der Waals surface area (Å²) in [4.78, 5) is 39.6. The van der Waals surface area contributed by atoms with Crippen LogP contribution in [-0.2, 0) is 11.3 Å². The van der Waals surface area contributed by atoms with E-state index in [1.807, 2.05) is 44.2 Å². The summed E-state index contributed by atoms with van der Waals surface area (Å²) in [5, 5.41) is 2.53. The van der Waals surface area contributed by atoms with Crippen molar-refractivity contribution in [3.8, 4) is 11.5 Å². The van der Waals surface area contributed by atoms with Crippen LogP contribution >= 0.6 is 11.8 Å². The topological polar surface area (TPSA) is 84.9 Å². The Balaban J connectivity index is 1.43. The average molecular weight is 503 g/mol. The van der Waals surface area contributed by atoms with Gasteiger partial charge in [-0.05, 0) is 84.8 Å². The highest BCUT2D eigenvalue weighted by atomic mass is 32.2. The molecule has 1 aliphatic heterocycles. The number of thioether (sulfide) groups is 1. The first-order valence-electron chi connectivity index (χ1n) is 11.4. The molecule has 3 aromatic carbocycles. The quantitative estimate of drug-likeness (QED) is 0.387. The predicted octanol–water partition coefficient (Wildman–Crippen LogP) is 5.89. The molecule has 0 bridgehead atoms. The highest BCUT2D eigenvalue weighted by Gasteiger charge is 2.35. The molecule has 1 heterocycles. The van der Waals surface area contributed by atoms with Crippen LogP contribution < -0.4 is 14.8 Å². The molecule has 7 nitrogen and oxygen atoms in total. The van der Waals surface area contributed by atoms with Gasteiger partial charge in [0.05, 0.1) is 25.2 Å². The maximum Gasteiger partial charge on any atom is 0.293 e. The van der Waals surface area contributed by atoms with Crippen LogP contribution in [0.25, 0.3) is 6.08 Å². The summed E-state index contributed by atoms with van der Waals surface area (Å²) in [5.41, 5.74) is 3.73. The van der Waals surface area contributed by atoms with Crippen molar-refractivity contribution in [3.63, 3.8) is 0 Å². The number of nitrogens with one attached hydrogen (secondary N) is 1. The summed E-state index contributed by atoms with van der Waals surface area (Å²) in [6.45, 7) is 4.47. The van der Waals surface area contributed by atoms with Crippen LogP contribution in [0.3, 0.4) is 0 Å². The van der Waals surface area contributed by atoms with Crippen LogP contribution in [0, 0.1) is 6.92 Å². The molecule has 1 fully saturated rings. The van der Waals surface area contributed by atoms with E-state index in [1.165, 1.54) is 4.90 Å². The van der Waals surface area contributed by atoms with Crippen molar-refractivity contribution in [2.24, 2.45) is 0 Å². The van der Waals surface area contributed by atoms with Crippen LogP contribution in [0.4, 0.5) is 10.5 Å². The largest absolute Gasteiger partial charge is 0.493 e. The number of amides is 3. The number of aryl methyl sites for hydroxylation is 1. The highest BCUT2D eigenvalue weighted by molar-refractivity contribution is 8.18. The maximum atomic E-state index is 13.0. The first kappa shape index (κ1) is 25.1. The lowest BCUT2D eigenvalue weighted by Crippen LogP contribution is -2.27. The summed E-state index contributed by atoms with van der Waals surface area (Å²) in [6.07, 6.45) is 1.67. The van der Waals surface area contributed by atoms with Crippen LogP contribution in [0.2, 0.25) is 0 Å². The van der Waals surface area contributed by atoms with Gasteiger partial charge in [0.2, 0.25) is 0 Å². The monoisotopic (exact) mass is 502 g/mol. The molecular formula is C28H26N2O5S. The molecule has 0 aliphatic carbocycles. The molecule has 3 amide bonds. The molecule has 0 aromatic heterocycles. The molecule has 1 N–H and O–H groups in total. The Morgan fingerprint density at radius 3 is 2.50 bits per heavy atom. The van der Waals surface area contributed by atoms with Crippen molar-refractivity contribution < 1.29 is 23.9 Å². The molecular weight excluding hydrogens is 476 g/mol. The van der Waals surface area contributed by atoms with E-state index in [-0.39, 0.29) is 23.6 Å². The van der Waals surface area contributed by atoms with E-state index in [1.54, 1.807) is 49.6 Å². The summed E-state index contributed by atoms with van der Waals surface area (Å²) in [7, 11) is 1.55. The number of carbonyl (C=O) groups excluding carboxylic acids is 3. The third kappa shape index (κ3) is 5.78. The van der Waals surface area contributed by atoms with Gasteiger partial charge in [-0.3, -0.25) is 19.3 Å². The van der Waals surface area contributed by atoms with Crippen molar-refractivity contribution in [3.05, 3.63) is 93.9 Å². The Hall–Kier alpha value is -4.04. The summed E-state index contributed by atoms with van der Waals surface area (Å²) in [6, 6.07) is 19.8. The van der Waals surface area contributed by atoms with Crippen molar-refractivity contribution >= 4 is 40.6 Å².